The molecule has 1 aliphatic heterocycles. The molecule has 0 saturated heterocycles. The second-order valence-corrected chi connectivity index (χ2v) is 6.48. The summed E-state index contributed by atoms with van der Waals surface area (Å²) in [5, 5.41) is 4.35. The molecule has 17 heavy (non-hydrogen) atoms. The van der Waals surface area contributed by atoms with Gasteiger partial charge >= 0.3 is 0 Å². The maximum atomic E-state index is 12.2. The highest BCUT2D eigenvalue weighted by molar-refractivity contribution is 8.01. The first-order valence-electron chi connectivity index (χ1n) is 4.44. The van der Waals surface area contributed by atoms with Crippen LogP contribution in [0, 0.1) is 0 Å². The van der Waals surface area contributed by atoms with Gasteiger partial charge in [-0.2, -0.15) is 13.4 Å². The molecular weight excluding hydrogens is 284 g/mol. The van der Waals surface area contributed by atoms with E-state index in [0.717, 1.165) is 4.09 Å². The third-order valence-electron chi connectivity index (χ3n) is 2.18. The Morgan fingerprint density at radius 1 is 1.41 bits per heavy atom. The van der Waals surface area contributed by atoms with Crippen LogP contribution >= 0.6 is 23.4 Å². The number of nitrogen functional groups attached to an aromatic ring is 1. The van der Waals surface area contributed by atoms with Gasteiger partial charge in [-0.1, -0.05) is 11.6 Å². The summed E-state index contributed by atoms with van der Waals surface area (Å²) in [7, 11) is -3.71. The normalized spacial score (nSPS) is 16.3. The summed E-state index contributed by atoms with van der Waals surface area (Å²) in [5.41, 5.74) is 5.40. The van der Waals surface area contributed by atoms with E-state index in [9.17, 15) is 8.42 Å². The van der Waals surface area contributed by atoms with E-state index in [1.165, 1.54) is 23.9 Å². The highest BCUT2D eigenvalue weighted by Gasteiger charge is 2.32. The Morgan fingerprint density at radius 2 is 2.18 bits per heavy atom. The predicted octanol–water partition coefficient (Wildman–Crippen LogP) is 1.22. The Labute approximate surface area is 106 Å². The number of halogens is 1. The molecule has 0 saturated carbocycles. The van der Waals surface area contributed by atoms with Gasteiger partial charge in [0.15, 0.2) is 0 Å². The molecule has 0 aliphatic carbocycles. The smallest absolute Gasteiger partial charge is 0.286 e. The molecule has 1 aliphatic rings. The van der Waals surface area contributed by atoms with Crippen LogP contribution in [0.2, 0.25) is 5.02 Å². The fraction of sp³-hybridized carbons (Fsp3) is 0. The monoisotopic (exact) mass is 288 g/mol. The quantitative estimate of drug-likeness (QED) is 0.669. The molecule has 9 heteroatoms. The zero-order valence-corrected chi connectivity index (χ0v) is 10.6. The summed E-state index contributed by atoms with van der Waals surface area (Å²) in [5.74, 6) is -0.0741. The average Bonchev–Trinajstić information content (AvgIpc) is 2.59. The van der Waals surface area contributed by atoms with Gasteiger partial charge in [0.05, 0.1) is 0 Å². The molecule has 0 radical (unpaired) electrons. The van der Waals surface area contributed by atoms with Gasteiger partial charge in [0, 0.05) is 9.92 Å². The number of aromatic nitrogens is 3. The molecule has 2 aromatic rings. The van der Waals surface area contributed by atoms with Gasteiger partial charge in [-0.15, -0.1) is 9.19 Å². The van der Waals surface area contributed by atoms with Crippen molar-refractivity contribution >= 4 is 39.3 Å². The number of hydrogen-bond acceptors (Lipinski definition) is 6. The molecule has 0 bridgehead atoms. The van der Waals surface area contributed by atoms with E-state index in [4.69, 9.17) is 17.3 Å². The van der Waals surface area contributed by atoms with Gasteiger partial charge in [0.1, 0.15) is 4.90 Å². The van der Waals surface area contributed by atoms with Crippen molar-refractivity contribution in [1.82, 2.24) is 14.2 Å². The van der Waals surface area contributed by atoms with Crippen molar-refractivity contribution in [3.63, 3.8) is 0 Å². The second-order valence-electron chi connectivity index (χ2n) is 3.29. The highest BCUT2D eigenvalue weighted by Crippen LogP contribution is 2.39. The highest BCUT2D eigenvalue weighted by atomic mass is 35.5. The number of rotatable bonds is 0. The molecule has 0 spiro atoms. The Kier molecular flexibility index (Phi) is 2.16. The van der Waals surface area contributed by atoms with E-state index in [2.05, 4.69) is 10.1 Å². The van der Waals surface area contributed by atoms with Gasteiger partial charge in [-0.3, -0.25) is 0 Å². The van der Waals surface area contributed by atoms with Gasteiger partial charge in [-0.25, -0.2) is 0 Å². The molecule has 0 amide bonds. The first-order chi connectivity index (χ1) is 7.98. The molecule has 1 aromatic carbocycles. The van der Waals surface area contributed by atoms with Crippen LogP contribution in [0.15, 0.2) is 33.1 Å². The largest absolute Gasteiger partial charge is 0.366 e. The lowest BCUT2D eigenvalue weighted by atomic mass is 10.4. The summed E-state index contributed by atoms with van der Waals surface area (Å²) in [6.07, 6.45) is 0. The maximum Gasteiger partial charge on any atom is 0.286 e. The van der Waals surface area contributed by atoms with Gasteiger partial charge in [0.2, 0.25) is 11.1 Å². The molecule has 2 N–H and O–H groups in total. The van der Waals surface area contributed by atoms with Crippen LogP contribution in [-0.2, 0) is 10.0 Å². The van der Waals surface area contributed by atoms with E-state index >= 15 is 0 Å². The molecule has 6 nitrogen and oxygen atoms in total. The maximum absolute atomic E-state index is 12.2. The average molecular weight is 289 g/mol. The summed E-state index contributed by atoms with van der Waals surface area (Å²) >= 11 is 6.99. The Balaban J connectivity index is 2.34. The van der Waals surface area contributed by atoms with Gasteiger partial charge < -0.3 is 5.73 Å². The van der Waals surface area contributed by atoms with E-state index in [-0.39, 0.29) is 16.0 Å². The van der Waals surface area contributed by atoms with Crippen molar-refractivity contribution in [2.45, 2.75) is 14.9 Å². The van der Waals surface area contributed by atoms with Crippen molar-refractivity contribution in [1.29, 1.82) is 0 Å². The van der Waals surface area contributed by atoms with E-state index < -0.39 is 10.0 Å². The Morgan fingerprint density at radius 3 is 2.94 bits per heavy atom. The number of hydrogen-bond donors (Lipinski definition) is 1. The van der Waals surface area contributed by atoms with Crippen molar-refractivity contribution in [3.8, 4) is 0 Å². The van der Waals surface area contributed by atoms with E-state index in [1.54, 1.807) is 6.07 Å². The third kappa shape index (κ3) is 1.52. The van der Waals surface area contributed by atoms with Crippen LogP contribution in [0.5, 0.6) is 0 Å². The number of nitrogens with two attached hydrogens (primary N) is 1. The van der Waals surface area contributed by atoms with Crippen molar-refractivity contribution in [2.24, 2.45) is 0 Å². The van der Waals surface area contributed by atoms with Crippen LogP contribution in [-0.4, -0.2) is 22.6 Å². The summed E-state index contributed by atoms with van der Waals surface area (Å²) in [6.45, 7) is 0. The molecular formula is C8H5ClN4O2S2. The van der Waals surface area contributed by atoms with Crippen LogP contribution in [0.25, 0.3) is 0 Å². The topological polar surface area (TPSA) is 90.9 Å². The van der Waals surface area contributed by atoms with Crippen LogP contribution in [0.1, 0.15) is 0 Å². The lowest BCUT2D eigenvalue weighted by Crippen LogP contribution is -2.19. The zero-order valence-electron chi connectivity index (χ0n) is 8.16. The molecule has 3 rings (SSSR count). The van der Waals surface area contributed by atoms with Crippen LogP contribution in [0.4, 0.5) is 5.95 Å². The standard InChI is InChI=1S/C8H5ClN4O2S2/c9-4-1-2-6-5(3-4)16-8-11-7(10)12-13(8)17(6,14)15/h1-3H,(H2,10,12). The van der Waals surface area contributed by atoms with E-state index in [0.29, 0.717) is 9.92 Å². The molecule has 0 fully saturated rings. The molecule has 1 aromatic heterocycles. The van der Waals surface area contributed by atoms with Gasteiger partial charge in [0.25, 0.3) is 10.0 Å². The fourth-order valence-electron chi connectivity index (χ4n) is 1.48. The van der Waals surface area contributed by atoms with Crippen LogP contribution < -0.4 is 5.73 Å². The Hall–Kier alpha value is -1.25. The van der Waals surface area contributed by atoms with Crippen molar-refractivity contribution in [2.75, 3.05) is 5.73 Å². The zero-order chi connectivity index (χ0) is 12.2. The molecule has 0 unspecified atom stereocenters. The van der Waals surface area contributed by atoms with Gasteiger partial charge in [-0.05, 0) is 30.0 Å². The first kappa shape index (κ1) is 10.9. The lowest BCUT2D eigenvalue weighted by molar-refractivity contribution is 0.568. The number of fused-ring (bicyclic) bond motifs is 2. The predicted molar refractivity (Wildman–Crippen MR) is 62.6 cm³/mol. The summed E-state index contributed by atoms with van der Waals surface area (Å²) in [6, 6.07) is 4.54. The summed E-state index contributed by atoms with van der Waals surface area (Å²) in [4.78, 5) is 4.53. The third-order valence-corrected chi connectivity index (χ3v) is 5.29. The minimum atomic E-state index is -3.71. The van der Waals surface area contributed by atoms with Crippen molar-refractivity contribution in [3.05, 3.63) is 23.2 Å². The Bertz CT molecular complexity index is 725. The molecule has 88 valence electrons. The number of nitrogens with zero attached hydrogens (tertiary/aromatic N) is 3. The second kappa shape index (κ2) is 3.37. The summed E-state index contributed by atoms with van der Waals surface area (Å²) < 4.78 is 25.2. The molecule has 0 atom stereocenters. The first-order valence-corrected chi connectivity index (χ1v) is 7.07. The lowest BCUT2D eigenvalue weighted by Gasteiger charge is -2.15. The van der Waals surface area contributed by atoms with E-state index in [1.807, 2.05) is 0 Å². The number of anilines is 1. The molecule has 2 heterocycles. The van der Waals surface area contributed by atoms with Crippen LogP contribution in [0.3, 0.4) is 0 Å². The number of benzene rings is 1. The minimum Gasteiger partial charge on any atom is -0.366 e. The fourth-order valence-corrected chi connectivity index (χ4v) is 4.55. The van der Waals surface area contributed by atoms with Crippen molar-refractivity contribution < 1.29 is 8.42 Å². The SMILES string of the molecule is Nc1nc2n(n1)S(=O)(=O)c1ccc(Cl)cc1S2. The minimum absolute atomic E-state index is 0.0741.